The predicted octanol–water partition coefficient (Wildman–Crippen LogP) is 18.4. The van der Waals surface area contributed by atoms with E-state index in [0.29, 0.717) is 19.3 Å². The number of hydrogen-bond donors (Lipinski definition) is 0. The lowest BCUT2D eigenvalue weighted by atomic mass is 10.0. The van der Waals surface area contributed by atoms with Gasteiger partial charge in [-0.05, 0) is 89.9 Å². The topological polar surface area (TPSA) is 78.9 Å². The maximum atomic E-state index is 12.8. The highest BCUT2D eigenvalue weighted by Crippen LogP contribution is 2.16. The van der Waals surface area contributed by atoms with E-state index in [1.165, 1.54) is 89.9 Å². The van der Waals surface area contributed by atoms with Crippen LogP contribution in [0, 0.1) is 0 Å². The summed E-state index contributed by atoms with van der Waals surface area (Å²) in [6, 6.07) is 0. The summed E-state index contributed by atoms with van der Waals surface area (Å²) in [5, 5.41) is 0. The van der Waals surface area contributed by atoms with Crippen molar-refractivity contribution in [3.05, 3.63) is 85.1 Å². The molecule has 0 fully saturated rings. The van der Waals surface area contributed by atoms with Crippen LogP contribution in [0.1, 0.15) is 258 Å². The summed E-state index contributed by atoms with van der Waals surface area (Å²) in [4.78, 5) is 38.1. The summed E-state index contributed by atoms with van der Waals surface area (Å²) in [7, 11) is 0. The highest BCUT2D eigenvalue weighted by atomic mass is 16.6. The van der Waals surface area contributed by atoms with Crippen LogP contribution in [0.2, 0.25) is 0 Å². The number of carbonyl (C=O) groups excluding carboxylic acids is 3. The molecule has 0 N–H and O–H groups in total. The Balaban J connectivity index is 4.42. The van der Waals surface area contributed by atoms with E-state index in [1.807, 2.05) is 0 Å². The van der Waals surface area contributed by atoms with Crippen molar-refractivity contribution in [1.82, 2.24) is 0 Å². The van der Waals surface area contributed by atoms with E-state index >= 15 is 0 Å². The van der Waals surface area contributed by atoms with Crippen molar-refractivity contribution < 1.29 is 28.6 Å². The van der Waals surface area contributed by atoms with E-state index in [0.717, 1.165) is 128 Å². The number of allylic oxidation sites excluding steroid dienone is 14. The molecule has 0 saturated heterocycles. The smallest absolute Gasteiger partial charge is 0.306 e. The zero-order valence-electron chi connectivity index (χ0n) is 43.2. The van der Waals surface area contributed by atoms with Crippen LogP contribution in [0.5, 0.6) is 0 Å². The Morgan fingerprint density at radius 1 is 0.318 bits per heavy atom. The van der Waals surface area contributed by atoms with Crippen molar-refractivity contribution in [3.8, 4) is 0 Å². The van der Waals surface area contributed by atoms with Crippen LogP contribution < -0.4 is 0 Å². The van der Waals surface area contributed by atoms with Crippen LogP contribution in [0.3, 0.4) is 0 Å². The fraction of sp³-hybridized carbons (Fsp3) is 0.717. The molecule has 6 nitrogen and oxygen atoms in total. The monoisotopic (exact) mass is 919 g/mol. The van der Waals surface area contributed by atoms with E-state index < -0.39 is 6.10 Å². The molecule has 0 bridgehead atoms. The van der Waals surface area contributed by atoms with Gasteiger partial charge in [0.05, 0.1) is 0 Å². The molecule has 0 aliphatic carbocycles. The first kappa shape index (κ1) is 62.6. The Bertz CT molecular complexity index is 1290. The molecule has 0 radical (unpaired) electrons. The normalized spacial score (nSPS) is 12.7. The van der Waals surface area contributed by atoms with Gasteiger partial charge >= 0.3 is 17.9 Å². The van der Waals surface area contributed by atoms with Gasteiger partial charge in [-0.2, -0.15) is 0 Å². The highest BCUT2D eigenvalue weighted by Gasteiger charge is 2.19. The van der Waals surface area contributed by atoms with Crippen LogP contribution in [0.25, 0.3) is 0 Å². The largest absolute Gasteiger partial charge is 0.462 e. The third-order valence-electron chi connectivity index (χ3n) is 11.6. The first-order valence-corrected chi connectivity index (χ1v) is 27.6. The molecule has 0 heterocycles. The van der Waals surface area contributed by atoms with Gasteiger partial charge in [-0.3, -0.25) is 14.4 Å². The zero-order valence-corrected chi connectivity index (χ0v) is 43.2. The molecular weight excluding hydrogens is 817 g/mol. The van der Waals surface area contributed by atoms with Gasteiger partial charge < -0.3 is 14.2 Å². The Morgan fingerprint density at radius 3 is 0.939 bits per heavy atom. The van der Waals surface area contributed by atoms with Crippen molar-refractivity contribution in [2.24, 2.45) is 0 Å². The highest BCUT2D eigenvalue weighted by molar-refractivity contribution is 5.71. The van der Waals surface area contributed by atoms with Gasteiger partial charge in [0, 0.05) is 19.3 Å². The van der Waals surface area contributed by atoms with Gasteiger partial charge in [0.2, 0.25) is 0 Å². The van der Waals surface area contributed by atoms with Crippen molar-refractivity contribution in [2.75, 3.05) is 13.2 Å². The maximum absolute atomic E-state index is 12.8. The molecule has 0 aliphatic rings. The second-order valence-corrected chi connectivity index (χ2v) is 18.1. The lowest BCUT2D eigenvalue weighted by Gasteiger charge is -2.18. The van der Waals surface area contributed by atoms with Crippen LogP contribution in [0.4, 0.5) is 0 Å². The first-order valence-electron chi connectivity index (χ1n) is 27.6. The van der Waals surface area contributed by atoms with Crippen LogP contribution in [-0.2, 0) is 28.6 Å². The first-order chi connectivity index (χ1) is 32.5. The van der Waals surface area contributed by atoms with Gasteiger partial charge in [0.25, 0.3) is 0 Å². The van der Waals surface area contributed by atoms with Crippen molar-refractivity contribution in [1.29, 1.82) is 0 Å². The molecule has 1 atom stereocenters. The molecule has 0 spiro atoms. The molecule has 66 heavy (non-hydrogen) atoms. The van der Waals surface area contributed by atoms with Crippen LogP contribution in [-0.4, -0.2) is 37.2 Å². The maximum Gasteiger partial charge on any atom is 0.306 e. The molecule has 0 aromatic carbocycles. The van der Waals surface area contributed by atoms with Crippen LogP contribution in [0.15, 0.2) is 85.1 Å². The standard InChI is InChI=1S/C60H102O6/c1-4-7-10-13-16-19-22-25-27-29-30-32-33-35-38-41-44-47-50-53-59(62)65-56-57(55-64-58(61)52-49-46-43-40-37-24-21-18-15-12-9-6-3)66-60(63)54-51-48-45-42-39-36-34-31-28-26-23-20-17-14-11-8-5-2/h7,9-10,12,16,18-19,21,25,27,30,32,35,38,57H,4-6,8,11,13-15,17,20,22-24,26,28-29,31,33-34,36-37,39-56H2,1-3H3/b10-7-,12-9-,19-16-,21-18-,27-25-,32-30-,38-35-. The average Bonchev–Trinajstić information content (AvgIpc) is 3.31. The molecule has 0 amide bonds. The Morgan fingerprint density at radius 2 is 0.591 bits per heavy atom. The third-order valence-corrected chi connectivity index (χ3v) is 11.6. The zero-order chi connectivity index (χ0) is 47.9. The van der Waals surface area contributed by atoms with Gasteiger partial charge in [-0.1, -0.05) is 234 Å². The fourth-order valence-electron chi connectivity index (χ4n) is 7.57. The Labute approximate surface area is 407 Å². The lowest BCUT2D eigenvalue weighted by molar-refractivity contribution is -0.167. The molecule has 6 heteroatoms. The van der Waals surface area contributed by atoms with E-state index in [-0.39, 0.29) is 31.1 Å². The van der Waals surface area contributed by atoms with E-state index in [4.69, 9.17) is 14.2 Å². The molecule has 0 aromatic heterocycles. The molecule has 0 rings (SSSR count). The second-order valence-electron chi connectivity index (χ2n) is 18.1. The molecule has 0 aromatic rings. The fourth-order valence-corrected chi connectivity index (χ4v) is 7.57. The minimum atomic E-state index is -0.794. The van der Waals surface area contributed by atoms with Crippen molar-refractivity contribution >= 4 is 17.9 Å². The van der Waals surface area contributed by atoms with Gasteiger partial charge in [-0.15, -0.1) is 0 Å². The number of unbranched alkanes of at least 4 members (excludes halogenated alkanes) is 24. The SMILES string of the molecule is CC/C=C\C/C=C\C/C=C\C/C=C\C/C=C\CCCCCC(=O)OCC(COC(=O)CCCCCCC/C=C\C/C=C\CC)OC(=O)CCCCCCCCCCCCCCCCCCC. The van der Waals surface area contributed by atoms with Crippen molar-refractivity contribution in [3.63, 3.8) is 0 Å². The molecule has 0 aliphatic heterocycles. The molecule has 378 valence electrons. The van der Waals surface area contributed by atoms with E-state index in [2.05, 4.69) is 106 Å². The average molecular weight is 919 g/mol. The number of carbonyl (C=O) groups is 3. The van der Waals surface area contributed by atoms with Gasteiger partial charge in [0.15, 0.2) is 6.10 Å². The Hall–Kier alpha value is -3.41. The summed E-state index contributed by atoms with van der Waals surface area (Å²) in [6.07, 6.45) is 70.0. The van der Waals surface area contributed by atoms with E-state index in [1.54, 1.807) is 0 Å². The Kier molecular flexibility index (Phi) is 51.4. The summed E-state index contributed by atoms with van der Waals surface area (Å²) in [6.45, 7) is 6.39. The number of rotatable bonds is 49. The van der Waals surface area contributed by atoms with E-state index in [9.17, 15) is 14.4 Å². The predicted molar refractivity (Wildman–Crippen MR) is 284 cm³/mol. The summed E-state index contributed by atoms with van der Waals surface area (Å²) in [5.74, 6) is -0.935. The number of ether oxygens (including phenoxy) is 3. The minimum Gasteiger partial charge on any atom is -0.462 e. The second kappa shape index (κ2) is 54.2. The van der Waals surface area contributed by atoms with Crippen LogP contribution >= 0.6 is 0 Å². The third kappa shape index (κ3) is 51.6. The quantitative estimate of drug-likeness (QED) is 0.0262. The molecule has 0 saturated carbocycles. The lowest BCUT2D eigenvalue weighted by Crippen LogP contribution is -2.30. The van der Waals surface area contributed by atoms with Gasteiger partial charge in [0.1, 0.15) is 13.2 Å². The summed E-state index contributed by atoms with van der Waals surface area (Å²) < 4.78 is 16.8. The molecule has 1 unspecified atom stereocenters. The van der Waals surface area contributed by atoms with Crippen molar-refractivity contribution in [2.45, 2.75) is 264 Å². The van der Waals surface area contributed by atoms with Gasteiger partial charge in [-0.25, -0.2) is 0 Å². The summed E-state index contributed by atoms with van der Waals surface area (Å²) in [5.41, 5.74) is 0. The number of esters is 3. The molecular formula is C60H102O6. The number of hydrogen-bond acceptors (Lipinski definition) is 6. The summed E-state index contributed by atoms with van der Waals surface area (Å²) >= 11 is 0. The minimum absolute atomic E-state index is 0.0933.